The van der Waals surface area contributed by atoms with E-state index in [0.717, 1.165) is 13.0 Å². The minimum Gasteiger partial charge on any atom is -0.492 e. The van der Waals surface area contributed by atoms with Gasteiger partial charge in [0.25, 0.3) is 0 Å². The van der Waals surface area contributed by atoms with E-state index in [1.807, 2.05) is 0 Å². The fourth-order valence-electron chi connectivity index (χ4n) is 3.34. The van der Waals surface area contributed by atoms with E-state index in [2.05, 4.69) is 39.4 Å². The summed E-state index contributed by atoms with van der Waals surface area (Å²) in [5.41, 5.74) is 2.60. The van der Waals surface area contributed by atoms with Gasteiger partial charge in [0.05, 0.1) is 6.04 Å². The van der Waals surface area contributed by atoms with E-state index in [-0.39, 0.29) is 11.9 Å². The number of hydrogen-bond donors (Lipinski definition) is 0. The molecule has 0 amide bonds. The van der Waals surface area contributed by atoms with Crippen molar-refractivity contribution >= 4 is 0 Å². The predicted octanol–water partition coefficient (Wildman–Crippen LogP) is 3.70. The van der Waals surface area contributed by atoms with Crippen molar-refractivity contribution in [1.82, 2.24) is 15.1 Å². The Hall–Kier alpha value is -2.73. The Bertz CT molecular complexity index is 896. The summed E-state index contributed by atoms with van der Waals surface area (Å²) in [6.45, 7) is 3.71. The summed E-state index contributed by atoms with van der Waals surface area (Å²) in [5, 5.41) is 8.20. The first-order valence-electron chi connectivity index (χ1n) is 8.68. The van der Waals surface area contributed by atoms with Gasteiger partial charge in [-0.05, 0) is 29.7 Å². The lowest BCUT2D eigenvalue weighted by Crippen LogP contribution is -2.37. The molecule has 1 aliphatic heterocycles. The van der Waals surface area contributed by atoms with E-state index >= 15 is 0 Å². The topological polar surface area (TPSA) is 51.4 Å². The van der Waals surface area contributed by atoms with Gasteiger partial charge in [0, 0.05) is 26.1 Å². The fraction of sp³-hybridized carbons (Fsp3) is 0.300. The lowest BCUT2D eigenvalue weighted by molar-refractivity contribution is 0.120. The van der Waals surface area contributed by atoms with Crippen LogP contribution in [0.25, 0.3) is 0 Å². The van der Waals surface area contributed by atoms with Gasteiger partial charge in [-0.2, -0.15) is 0 Å². The maximum absolute atomic E-state index is 13.3. The Kier molecular flexibility index (Phi) is 4.67. The van der Waals surface area contributed by atoms with E-state index in [1.54, 1.807) is 19.1 Å². The Labute approximate surface area is 151 Å². The predicted molar refractivity (Wildman–Crippen MR) is 94.2 cm³/mol. The van der Waals surface area contributed by atoms with Gasteiger partial charge in [-0.3, -0.25) is 4.90 Å². The second-order valence-corrected chi connectivity index (χ2v) is 6.42. The van der Waals surface area contributed by atoms with Crippen LogP contribution in [0.4, 0.5) is 4.39 Å². The van der Waals surface area contributed by atoms with Gasteiger partial charge in [-0.25, -0.2) is 4.39 Å². The zero-order chi connectivity index (χ0) is 17.9. The molecule has 1 aromatic heterocycles. The van der Waals surface area contributed by atoms with Gasteiger partial charge < -0.3 is 9.15 Å². The SMILES string of the molecule is Cc1nnc([C@@H]2Cc3ccccc3CN2CCOc2cccc(F)c2)o1. The molecular formula is C20H20FN3O2. The zero-order valence-corrected chi connectivity index (χ0v) is 14.6. The van der Waals surface area contributed by atoms with Crippen LogP contribution in [0.2, 0.25) is 0 Å². The number of nitrogens with zero attached hydrogens (tertiary/aromatic N) is 3. The van der Waals surface area contributed by atoms with Gasteiger partial charge >= 0.3 is 0 Å². The van der Waals surface area contributed by atoms with Crippen LogP contribution >= 0.6 is 0 Å². The van der Waals surface area contributed by atoms with Crippen molar-refractivity contribution in [3.8, 4) is 5.75 Å². The van der Waals surface area contributed by atoms with Crippen LogP contribution < -0.4 is 4.74 Å². The molecular weight excluding hydrogens is 333 g/mol. The lowest BCUT2D eigenvalue weighted by Gasteiger charge is -2.34. The van der Waals surface area contributed by atoms with Gasteiger partial charge in [-0.1, -0.05) is 30.3 Å². The summed E-state index contributed by atoms with van der Waals surface area (Å²) in [4.78, 5) is 2.27. The molecule has 0 aliphatic carbocycles. The maximum Gasteiger partial charge on any atom is 0.233 e. The van der Waals surface area contributed by atoms with Gasteiger partial charge in [0.15, 0.2) is 0 Å². The molecule has 3 aromatic rings. The minimum atomic E-state index is -0.298. The van der Waals surface area contributed by atoms with Crippen molar-refractivity contribution in [3.05, 3.63) is 77.3 Å². The molecule has 0 saturated carbocycles. The average Bonchev–Trinajstić information content (AvgIpc) is 3.07. The van der Waals surface area contributed by atoms with Crippen molar-refractivity contribution in [2.24, 2.45) is 0 Å². The summed E-state index contributed by atoms with van der Waals surface area (Å²) in [6.07, 6.45) is 0.817. The van der Waals surface area contributed by atoms with Crippen molar-refractivity contribution in [2.75, 3.05) is 13.2 Å². The molecule has 6 heteroatoms. The van der Waals surface area contributed by atoms with Crippen LogP contribution in [0.5, 0.6) is 5.75 Å². The standard InChI is InChI=1S/C20H20FN3O2/c1-14-22-23-20(26-14)19-11-15-5-2-3-6-16(15)13-24(19)9-10-25-18-8-4-7-17(21)12-18/h2-8,12,19H,9-11,13H2,1H3/t19-/m0/s1. The van der Waals surface area contributed by atoms with Crippen LogP contribution in [-0.2, 0) is 13.0 Å². The monoisotopic (exact) mass is 353 g/mol. The first-order valence-corrected chi connectivity index (χ1v) is 8.68. The van der Waals surface area contributed by atoms with E-state index in [1.165, 1.54) is 23.3 Å². The molecule has 1 aliphatic rings. The molecule has 0 spiro atoms. The van der Waals surface area contributed by atoms with Crippen molar-refractivity contribution < 1.29 is 13.5 Å². The summed E-state index contributed by atoms with van der Waals surface area (Å²) >= 11 is 0. The molecule has 0 N–H and O–H groups in total. The number of rotatable bonds is 5. The van der Waals surface area contributed by atoms with Crippen molar-refractivity contribution in [1.29, 1.82) is 0 Å². The number of hydrogen-bond acceptors (Lipinski definition) is 5. The molecule has 0 fully saturated rings. The third kappa shape index (κ3) is 3.60. The van der Waals surface area contributed by atoms with E-state index < -0.39 is 0 Å². The molecule has 0 radical (unpaired) electrons. The van der Waals surface area contributed by atoms with Crippen molar-refractivity contribution in [2.45, 2.75) is 25.9 Å². The second-order valence-electron chi connectivity index (χ2n) is 6.42. The number of benzene rings is 2. The quantitative estimate of drug-likeness (QED) is 0.700. The van der Waals surface area contributed by atoms with E-state index in [0.29, 0.717) is 30.7 Å². The van der Waals surface area contributed by atoms with Crippen LogP contribution in [0.15, 0.2) is 52.9 Å². The van der Waals surface area contributed by atoms with Crippen LogP contribution in [-0.4, -0.2) is 28.2 Å². The third-order valence-electron chi connectivity index (χ3n) is 4.62. The summed E-state index contributed by atoms with van der Waals surface area (Å²) in [7, 11) is 0. The summed E-state index contributed by atoms with van der Waals surface area (Å²) < 4.78 is 24.7. The number of fused-ring (bicyclic) bond motifs is 1. The molecule has 2 heterocycles. The van der Waals surface area contributed by atoms with Gasteiger partial charge in [0.2, 0.25) is 11.8 Å². The molecule has 26 heavy (non-hydrogen) atoms. The molecule has 5 nitrogen and oxygen atoms in total. The van der Waals surface area contributed by atoms with Gasteiger partial charge in [-0.15, -0.1) is 10.2 Å². The molecule has 0 bridgehead atoms. The highest BCUT2D eigenvalue weighted by Gasteiger charge is 2.30. The molecule has 2 aromatic carbocycles. The Balaban J connectivity index is 1.49. The maximum atomic E-state index is 13.3. The van der Waals surface area contributed by atoms with Crippen LogP contribution in [0, 0.1) is 12.7 Å². The molecule has 134 valence electrons. The molecule has 4 rings (SSSR count). The average molecular weight is 353 g/mol. The molecule has 0 unspecified atom stereocenters. The molecule has 1 atom stereocenters. The summed E-state index contributed by atoms with van der Waals surface area (Å²) in [5.74, 6) is 1.43. The first-order chi connectivity index (χ1) is 12.7. The van der Waals surface area contributed by atoms with E-state index in [9.17, 15) is 4.39 Å². The Morgan fingerprint density at radius 2 is 2.00 bits per heavy atom. The van der Waals surface area contributed by atoms with E-state index in [4.69, 9.17) is 9.15 Å². The smallest absolute Gasteiger partial charge is 0.233 e. The lowest BCUT2D eigenvalue weighted by atomic mass is 9.94. The van der Waals surface area contributed by atoms with Crippen LogP contribution in [0.1, 0.15) is 29.0 Å². The third-order valence-corrected chi connectivity index (χ3v) is 4.62. The first kappa shape index (κ1) is 16.7. The number of ether oxygens (including phenoxy) is 1. The fourth-order valence-corrected chi connectivity index (χ4v) is 3.34. The molecule has 0 saturated heterocycles. The zero-order valence-electron chi connectivity index (χ0n) is 14.6. The Morgan fingerprint density at radius 3 is 2.77 bits per heavy atom. The number of aromatic nitrogens is 2. The second kappa shape index (κ2) is 7.25. The summed E-state index contributed by atoms with van der Waals surface area (Å²) in [6, 6.07) is 14.6. The number of halogens is 1. The highest BCUT2D eigenvalue weighted by Crippen LogP contribution is 2.32. The Morgan fingerprint density at radius 1 is 1.15 bits per heavy atom. The van der Waals surface area contributed by atoms with Crippen molar-refractivity contribution in [3.63, 3.8) is 0 Å². The minimum absolute atomic E-state index is 0.0159. The van der Waals surface area contributed by atoms with Gasteiger partial charge in [0.1, 0.15) is 18.2 Å². The highest BCUT2D eigenvalue weighted by molar-refractivity contribution is 5.31. The highest BCUT2D eigenvalue weighted by atomic mass is 19.1. The van der Waals surface area contributed by atoms with Crippen LogP contribution in [0.3, 0.4) is 0 Å². The normalized spacial score (nSPS) is 17.1. The largest absolute Gasteiger partial charge is 0.492 e. The number of aryl methyl sites for hydroxylation is 1.